The quantitative estimate of drug-likeness (QED) is 0.800. The van der Waals surface area contributed by atoms with Crippen LogP contribution in [0.4, 0.5) is 0 Å². The minimum absolute atomic E-state index is 0.258. The fraction of sp³-hybridized carbons (Fsp3) is 0.0714. The van der Waals surface area contributed by atoms with E-state index in [0.717, 1.165) is 10.0 Å². The van der Waals surface area contributed by atoms with Gasteiger partial charge in [0, 0.05) is 16.9 Å². The van der Waals surface area contributed by atoms with Crippen LogP contribution in [0.5, 0.6) is 0 Å². The Morgan fingerprint density at radius 2 is 1.79 bits per heavy atom. The van der Waals surface area contributed by atoms with Gasteiger partial charge in [-0.1, -0.05) is 34.1 Å². The summed E-state index contributed by atoms with van der Waals surface area (Å²) >= 11 is 3.42. The van der Waals surface area contributed by atoms with Crippen LogP contribution in [0.1, 0.15) is 26.3 Å². The van der Waals surface area contributed by atoms with Crippen molar-refractivity contribution in [2.24, 2.45) is 0 Å². The maximum Gasteiger partial charge on any atom is 0.263 e. The standard InChI is InChI=1S/C14H9BrN2O2/c15-12-4-2-1-3-9(12)8-17-13(18)10-5-6-16-7-11(10)14(17)19/h1-7H,8H2. The molecule has 1 aliphatic rings. The highest BCUT2D eigenvalue weighted by Crippen LogP contribution is 2.25. The molecule has 0 bridgehead atoms. The highest BCUT2D eigenvalue weighted by atomic mass is 79.9. The molecule has 1 aromatic heterocycles. The van der Waals surface area contributed by atoms with Crippen molar-refractivity contribution in [2.75, 3.05) is 0 Å². The molecule has 1 aliphatic heterocycles. The molecule has 0 aliphatic carbocycles. The Labute approximate surface area is 118 Å². The second-order valence-electron chi connectivity index (χ2n) is 4.21. The molecule has 0 atom stereocenters. The molecule has 1 aromatic carbocycles. The lowest BCUT2D eigenvalue weighted by Gasteiger charge is -2.14. The molecule has 0 radical (unpaired) electrons. The molecular weight excluding hydrogens is 308 g/mol. The molecule has 2 aromatic rings. The van der Waals surface area contributed by atoms with Crippen molar-refractivity contribution in [3.63, 3.8) is 0 Å². The SMILES string of the molecule is O=C1c2ccncc2C(=O)N1Cc1ccccc1Br. The molecule has 94 valence electrons. The van der Waals surface area contributed by atoms with Crippen molar-refractivity contribution >= 4 is 27.7 Å². The van der Waals surface area contributed by atoms with Gasteiger partial charge >= 0.3 is 0 Å². The zero-order valence-electron chi connectivity index (χ0n) is 9.84. The number of amides is 2. The summed E-state index contributed by atoms with van der Waals surface area (Å²) in [5.41, 5.74) is 1.69. The van der Waals surface area contributed by atoms with E-state index < -0.39 is 0 Å². The van der Waals surface area contributed by atoms with Gasteiger partial charge in [0.05, 0.1) is 17.7 Å². The van der Waals surface area contributed by atoms with Crippen LogP contribution in [0.15, 0.2) is 47.2 Å². The highest BCUT2D eigenvalue weighted by Gasteiger charge is 2.35. The predicted molar refractivity (Wildman–Crippen MR) is 72.6 cm³/mol. The molecule has 2 heterocycles. The van der Waals surface area contributed by atoms with E-state index in [4.69, 9.17) is 0 Å². The fourth-order valence-electron chi connectivity index (χ4n) is 2.07. The molecule has 0 fully saturated rings. The van der Waals surface area contributed by atoms with Crippen LogP contribution >= 0.6 is 15.9 Å². The number of fused-ring (bicyclic) bond motifs is 1. The Kier molecular flexibility index (Phi) is 2.91. The van der Waals surface area contributed by atoms with Gasteiger partial charge in [-0.05, 0) is 17.7 Å². The van der Waals surface area contributed by atoms with Crippen LogP contribution in [0, 0.1) is 0 Å². The third-order valence-corrected chi connectivity index (χ3v) is 3.83. The number of nitrogens with zero attached hydrogens (tertiary/aromatic N) is 2. The molecule has 0 N–H and O–H groups in total. The number of pyridine rings is 1. The van der Waals surface area contributed by atoms with Gasteiger partial charge in [-0.25, -0.2) is 0 Å². The van der Waals surface area contributed by atoms with E-state index >= 15 is 0 Å². The Morgan fingerprint density at radius 3 is 2.53 bits per heavy atom. The molecular formula is C14H9BrN2O2. The molecule has 0 saturated carbocycles. The van der Waals surface area contributed by atoms with Crippen molar-refractivity contribution in [1.82, 2.24) is 9.88 Å². The van der Waals surface area contributed by atoms with Gasteiger partial charge in [0.2, 0.25) is 0 Å². The number of carbonyl (C=O) groups is 2. The molecule has 0 spiro atoms. The first-order valence-corrected chi connectivity index (χ1v) is 6.51. The van der Waals surface area contributed by atoms with Crippen molar-refractivity contribution in [3.8, 4) is 0 Å². The van der Waals surface area contributed by atoms with Gasteiger partial charge in [-0.3, -0.25) is 19.5 Å². The number of imide groups is 1. The second kappa shape index (κ2) is 4.59. The van der Waals surface area contributed by atoms with E-state index in [1.807, 2.05) is 24.3 Å². The summed E-state index contributed by atoms with van der Waals surface area (Å²) in [6.07, 6.45) is 2.96. The van der Waals surface area contributed by atoms with E-state index in [1.54, 1.807) is 6.07 Å². The maximum atomic E-state index is 12.2. The summed E-state index contributed by atoms with van der Waals surface area (Å²) < 4.78 is 0.879. The van der Waals surface area contributed by atoms with Crippen molar-refractivity contribution in [2.45, 2.75) is 6.54 Å². The summed E-state index contributed by atoms with van der Waals surface area (Å²) in [7, 11) is 0. The normalized spacial score (nSPS) is 13.8. The number of rotatable bonds is 2. The Hall–Kier alpha value is -2.01. The Bertz CT molecular complexity index is 650. The average molecular weight is 317 g/mol. The van der Waals surface area contributed by atoms with Gasteiger partial charge in [-0.2, -0.15) is 0 Å². The van der Waals surface area contributed by atoms with Gasteiger partial charge in [0.15, 0.2) is 0 Å². The van der Waals surface area contributed by atoms with Crippen molar-refractivity contribution in [1.29, 1.82) is 0 Å². The monoisotopic (exact) mass is 316 g/mol. The van der Waals surface area contributed by atoms with E-state index in [1.165, 1.54) is 17.3 Å². The first kappa shape index (κ1) is 12.0. The van der Waals surface area contributed by atoms with Crippen LogP contribution in [-0.2, 0) is 6.54 Å². The van der Waals surface area contributed by atoms with Crippen LogP contribution in [0.3, 0.4) is 0 Å². The van der Waals surface area contributed by atoms with Gasteiger partial charge < -0.3 is 0 Å². The summed E-state index contributed by atoms with van der Waals surface area (Å²) in [4.78, 5) is 29.5. The first-order valence-electron chi connectivity index (χ1n) is 5.72. The summed E-state index contributed by atoms with van der Waals surface area (Å²) in [6, 6.07) is 9.11. The minimum Gasteiger partial charge on any atom is -0.270 e. The summed E-state index contributed by atoms with van der Waals surface area (Å²) in [6.45, 7) is 0.258. The van der Waals surface area contributed by atoms with Crippen molar-refractivity contribution < 1.29 is 9.59 Å². The van der Waals surface area contributed by atoms with Crippen molar-refractivity contribution in [3.05, 3.63) is 63.9 Å². The van der Waals surface area contributed by atoms with Gasteiger partial charge in [-0.15, -0.1) is 0 Å². The second-order valence-corrected chi connectivity index (χ2v) is 5.06. The molecule has 0 saturated heterocycles. The number of halogens is 1. The molecule has 2 amide bonds. The van der Waals surface area contributed by atoms with E-state index in [-0.39, 0.29) is 18.4 Å². The molecule has 4 nitrogen and oxygen atoms in total. The van der Waals surface area contributed by atoms with E-state index in [0.29, 0.717) is 11.1 Å². The third kappa shape index (κ3) is 1.96. The fourth-order valence-corrected chi connectivity index (χ4v) is 2.49. The largest absolute Gasteiger partial charge is 0.270 e. The van der Waals surface area contributed by atoms with Gasteiger partial charge in [0.25, 0.3) is 11.8 Å². The molecule has 19 heavy (non-hydrogen) atoms. The van der Waals surface area contributed by atoms with Gasteiger partial charge in [0.1, 0.15) is 0 Å². The number of hydrogen-bond acceptors (Lipinski definition) is 3. The lowest BCUT2D eigenvalue weighted by molar-refractivity contribution is 0.0642. The number of hydrogen-bond donors (Lipinski definition) is 0. The van der Waals surface area contributed by atoms with E-state index in [9.17, 15) is 9.59 Å². The number of benzene rings is 1. The molecule has 3 rings (SSSR count). The zero-order chi connectivity index (χ0) is 13.4. The topological polar surface area (TPSA) is 50.3 Å². The van der Waals surface area contributed by atoms with E-state index in [2.05, 4.69) is 20.9 Å². The molecule has 0 unspecified atom stereocenters. The summed E-state index contributed by atoms with van der Waals surface area (Å²) in [5.74, 6) is -0.554. The third-order valence-electron chi connectivity index (χ3n) is 3.06. The molecule has 5 heteroatoms. The van der Waals surface area contributed by atoms with Crippen LogP contribution in [0.2, 0.25) is 0 Å². The first-order chi connectivity index (χ1) is 9.18. The zero-order valence-corrected chi connectivity index (χ0v) is 11.4. The predicted octanol–water partition coefficient (Wildman–Crippen LogP) is 2.64. The number of carbonyl (C=O) groups excluding carboxylic acids is 2. The lowest BCUT2D eigenvalue weighted by atomic mass is 10.2. The smallest absolute Gasteiger partial charge is 0.263 e. The average Bonchev–Trinajstić information content (AvgIpc) is 2.67. The van der Waals surface area contributed by atoms with Crippen LogP contribution < -0.4 is 0 Å². The highest BCUT2D eigenvalue weighted by molar-refractivity contribution is 9.10. The Balaban J connectivity index is 1.95. The minimum atomic E-state index is -0.288. The van der Waals surface area contributed by atoms with Crippen LogP contribution in [0.25, 0.3) is 0 Å². The lowest BCUT2D eigenvalue weighted by Crippen LogP contribution is -2.29. The summed E-state index contributed by atoms with van der Waals surface area (Å²) in [5, 5.41) is 0. The number of aromatic nitrogens is 1. The Morgan fingerprint density at radius 1 is 1.05 bits per heavy atom. The van der Waals surface area contributed by atoms with Crippen LogP contribution in [-0.4, -0.2) is 21.7 Å². The maximum absolute atomic E-state index is 12.2.